The highest BCUT2D eigenvalue weighted by molar-refractivity contribution is 5.97. The highest BCUT2D eigenvalue weighted by Gasteiger charge is 2.28. The zero-order valence-electron chi connectivity index (χ0n) is 15.2. The minimum atomic E-state index is -0.275. The van der Waals surface area contributed by atoms with Gasteiger partial charge in [0, 0.05) is 25.9 Å². The molecule has 3 heterocycles. The molecule has 0 atom stereocenters. The van der Waals surface area contributed by atoms with Crippen molar-refractivity contribution in [3.8, 4) is 0 Å². The molecule has 1 aliphatic heterocycles. The molecule has 1 amide bonds. The highest BCUT2D eigenvalue weighted by atomic mass is 16.4. The van der Waals surface area contributed by atoms with Gasteiger partial charge in [0.2, 0.25) is 0 Å². The van der Waals surface area contributed by atoms with Crippen molar-refractivity contribution in [2.24, 2.45) is 7.05 Å². The van der Waals surface area contributed by atoms with E-state index in [2.05, 4.69) is 4.98 Å². The molecule has 0 saturated carbocycles. The number of aryl methyl sites for hydroxylation is 1. The number of rotatable bonds is 2. The molecule has 0 saturated heterocycles. The molecule has 0 aliphatic carbocycles. The molecule has 4 rings (SSSR count). The Labute approximate surface area is 151 Å². The minimum Gasteiger partial charge on any atom is -0.445 e. The van der Waals surface area contributed by atoms with Crippen LogP contribution >= 0.6 is 0 Å². The van der Waals surface area contributed by atoms with Crippen LogP contribution in [-0.2, 0) is 20.0 Å². The van der Waals surface area contributed by atoms with Crippen LogP contribution in [0.2, 0.25) is 0 Å². The van der Waals surface area contributed by atoms with Gasteiger partial charge in [-0.3, -0.25) is 9.59 Å². The lowest BCUT2D eigenvalue weighted by Gasteiger charge is -2.25. The number of aromatic nitrogens is 2. The second-order valence-corrected chi connectivity index (χ2v) is 7.03. The van der Waals surface area contributed by atoms with E-state index >= 15 is 0 Å². The molecular weight excluding hydrogens is 330 g/mol. The van der Waals surface area contributed by atoms with E-state index in [-0.39, 0.29) is 22.9 Å². The molecule has 0 bridgehead atoms. The van der Waals surface area contributed by atoms with Crippen LogP contribution < -0.4 is 5.56 Å². The van der Waals surface area contributed by atoms with Gasteiger partial charge < -0.3 is 13.9 Å². The number of carbonyl (C=O) groups excluding carboxylic acids is 1. The normalized spacial score (nSPS) is 14.1. The topological polar surface area (TPSA) is 68.3 Å². The van der Waals surface area contributed by atoms with Crippen molar-refractivity contribution in [2.45, 2.75) is 32.7 Å². The number of carbonyl (C=O) groups is 1. The molecule has 2 aromatic heterocycles. The zero-order chi connectivity index (χ0) is 18.4. The van der Waals surface area contributed by atoms with Crippen molar-refractivity contribution in [2.75, 3.05) is 6.54 Å². The fourth-order valence-electron chi connectivity index (χ4n) is 3.38. The van der Waals surface area contributed by atoms with E-state index in [1.165, 1.54) is 4.57 Å². The predicted molar refractivity (Wildman–Crippen MR) is 98.2 cm³/mol. The highest BCUT2D eigenvalue weighted by Crippen LogP contribution is 2.24. The zero-order valence-corrected chi connectivity index (χ0v) is 15.2. The summed E-state index contributed by atoms with van der Waals surface area (Å²) in [6.45, 7) is 4.95. The van der Waals surface area contributed by atoms with E-state index in [0.717, 1.165) is 22.4 Å². The Morgan fingerprint density at radius 2 is 2.04 bits per heavy atom. The van der Waals surface area contributed by atoms with E-state index in [0.29, 0.717) is 25.4 Å². The van der Waals surface area contributed by atoms with Crippen molar-refractivity contribution in [3.05, 3.63) is 63.6 Å². The number of pyridine rings is 1. The summed E-state index contributed by atoms with van der Waals surface area (Å²) in [5.41, 5.74) is 1.53. The van der Waals surface area contributed by atoms with Crippen molar-refractivity contribution in [3.63, 3.8) is 0 Å². The molecule has 0 fully saturated rings. The third kappa shape index (κ3) is 2.62. The molecule has 6 heteroatoms. The smallest absolute Gasteiger partial charge is 0.263 e. The number of hydrogen-bond acceptors (Lipinski definition) is 4. The van der Waals surface area contributed by atoms with Crippen LogP contribution in [-0.4, -0.2) is 26.9 Å². The molecule has 1 aliphatic rings. The van der Waals surface area contributed by atoms with E-state index in [1.807, 2.05) is 38.1 Å². The SMILES string of the molecule is CC(C)c1nc2c(o1)CCN(C(=O)c1cc3ccccc3n(C)c1=O)C2. The maximum absolute atomic E-state index is 13.0. The average molecular weight is 351 g/mol. The van der Waals surface area contributed by atoms with Crippen molar-refractivity contribution < 1.29 is 9.21 Å². The number of fused-ring (bicyclic) bond motifs is 2. The van der Waals surface area contributed by atoms with Crippen LogP contribution in [0.15, 0.2) is 39.5 Å². The summed E-state index contributed by atoms with van der Waals surface area (Å²) in [7, 11) is 1.70. The number of oxazole rings is 1. The van der Waals surface area contributed by atoms with Crippen LogP contribution in [0.5, 0.6) is 0 Å². The molecule has 134 valence electrons. The van der Waals surface area contributed by atoms with E-state index in [4.69, 9.17) is 4.42 Å². The van der Waals surface area contributed by atoms with Crippen molar-refractivity contribution in [1.29, 1.82) is 0 Å². The number of benzene rings is 1. The Kier molecular flexibility index (Phi) is 3.90. The van der Waals surface area contributed by atoms with Crippen LogP contribution in [0.1, 0.15) is 47.5 Å². The van der Waals surface area contributed by atoms with E-state index in [9.17, 15) is 9.59 Å². The van der Waals surface area contributed by atoms with Gasteiger partial charge in [0.05, 0.1) is 12.1 Å². The molecule has 0 unspecified atom stereocenters. The summed E-state index contributed by atoms with van der Waals surface area (Å²) in [4.78, 5) is 31.9. The molecule has 6 nitrogen and oxygen atoms in total. The first-order valence-corrected chi connectivity index (χ1v) is 8.82. The first kappa shape index (κ1) is 16.6. The number of amides is 1. The monoisotopic (exact) mass is 351 g/mol. The summed E-state index contributed by atoms with van der Waals surface area (Å²) in [5, 5.41) is 0.874. The lowest BCUT2D eigenvalue weighted by molar-refractivity contribution is 0.0725. The van der Waals surface area contributed by atoms with E-state index in [1.54, 1.807) is 18.0 Å². The quantitative estimate of drug-likeness (QED) is 0.712. The standard InChI is InChI=1S/C20H21N3O3/c1-12(2)18-21-15-11-23(9-8-17(15)26-18)20(25)14-10-13-6-4-5-7-16(13)22(3)19(14)24/h4-7,10,12H,8-9,11H2,1-3H3. The summed E-state index contributed by atoms with van der Waals surface area (Å²) in [6.07, 6.45) is 0.620. The summed E-state index contributed by atoms with van der Waals surface area (Å²) >= 11 is 0. The second kappa shape index (κ2) is 6.12. The lowest BCUT2D eigenvalue weighted by Crippen LogP contribution is -2.39. The van der Waals surface area contributed by atoms with Gasteiger partial charge in [0.25, 0.3) is 11.5 Å². The van der Waals surface area contributed by atoms with Gasteiger partial charge in [-0.1, -0.05) is 32.0 Å². The summed E-state index contributed by atoms with van der Waals surface area (Å²) in [5.74, 6) is 1.50. The minimum absolute atomic E-state index is 0.197. The number of nitrogens with zero attached hydrogens (tertiary/aromatic N) is 3. The van der Waals surface area contributed by atoms with Crippen molar-refractivity contribution >= 4 is 16.8 Å². The first-order valence-electron chi connectivity index (χ1n) is 8.82. The Morgan fingerprint density at radius 3 is 2.81 bits per heavy atom. The van der Waals surface area contributed by atoms with Gasteiger partial charge >= 0.3 is 0 Å². The van der Waals surface area contributed by atoms with Gasteiger partial charge in [0.1, 0.15) is 17.0 Å². The lowest BCUT2D eigenvalue weighted by atomic mass is 10.1. The molecule has 3 aromatic rings. The first-order chi connectivity index (χ1) is 12.5. The van der Waals surface area contributed by atoms with Crippen molar-refractivity contribution in [1.82, 2.24) is 14.5 Å². The molecule has 0 radical (unpaired) electrons. The number of para-hydroxylation sites is 1. The molecule has 0 N–H and O–H groups in total. The maximum atomic E-state index is 13.0. The summed E-state index contributed by atoms with van der Waals surface area (Å²) < 4.78 is 7.32. The van der Waals surface area contributed by atoms with Crippen LogP contribution in [0.25, 0.3) is 10.9 Å². The Balaban J connectivity index is 1.69. The Hall–Kier alpha value is -2.89. The van der Waals surface area contributed by atoms with E-state index < -0.39 is 0 Å². The Bertz CT molecular complexity index is 1060. The number of hydrogen-bond donors (Lipinski definition) is 0. The third-order valence-electron chi connectivity index (χ3n) is 4.89. The summed E-state index contributed by atoms with van der Waals surface area (Å²) in [6, 6.07) is 9.26. The fraction of sp³-hybridized carbons (Fsp3) is 0.350. The largest absolute Gasteiger partial charge is 0.445 e. The molecule has 26 heavy (non-hydrogen) atoms. The fourth-order valence-corrected chi connectivity index (χ4v) is 3.38. The van der Waals surface area contributed by atoms with Crippen LogP contribution in [0.3, 0.4) is 0 Å². The molecule has 0 spiro atoms. The van der Waals surface area contributed by atoms with Gasteiger partial charge in [-0.15, -0.1) is 0 Å². The maximum Gasteiger partial charge on any atom is 0.263 e. The van der Waals surface area contributed by atoms with Gasteiger partial charge in [-0.25, -0.2) is 4.98 Å². The molecular formula is C20H21N3O3. The molecule has 1 aromatic carbocycles. The average Bonchev–Trinajstić information content (AvgIpc) is 3.08. The second-order valence-electron chi connectivity index (χ2n) is 7.03. The third-order valence-corrected chi connectivity index (χ3v) is 4.89. The Morgan fingerprint density at radius 1 is 1.27 bits per heavy atom. The van der Waals surface area contributed by atoms with Gasteiger partial charge in [-0.05, 0) is 17.5 Å². The van der Waals surface area contributed by atoms with Crippen LogP contribution in [0.4, 0.5) is 0 Å². The van der Waals surface area contributed by atoms with Crippen LogP contribution in [0, 0.1) is 0 Å². The predicted octanol–water partition coefficient (Wildman–Crippen LogP) is 2.85. The van der Waals surface area contributed by atoms with Gasteiger partial charge in [0.15, 0.2) is 5.89 Å². The van der Waals surface area contributed by atoms with Gasteiger partial charge in [-0.2, -0.15) is 0 Å².